The van der Waals surface area contributed by atoms with Crippen LogP contribution < -0.4 is 9.64 Å². The molecule has 4 rings (SSSR count). The lowest BCUT2D eigenvalue weighted by atomic mass is 10.1. The van der Waals surface area contributed by atoms with Crippen LogP contribution in [0.15, 0.2) is 102 Å². The number of rotatable bonds is 6. The van der Waals surface area contributed by atoms with E-state index < -0.39 is 0 Å². The third kappa shape index (κ3) is 3.99. The first-order valence-electron chi connectivity index (χ1n) is 9.22. The molecule has 5 nitrogen and oxygen atoms in total. The molecule has 0 radical (unpaired) electrons. The molecule has 0 saturated heterocycles. The van der Waals surface area contributed by atoms with Crippen molar-refractivity contribution in [2.24, 2.45) is 10.2 Å². The summed E-state index contributed by atoms with van der Waals surface area (Å²) in [4.78, 5) is 14.3. The number of hydrogen-bond acceptors (Lipinski definition) is 4. The fraction of sp³-hybridized carbons (Fsp3) is 0.0417. The van der Waals surface area contributed by atoms with Gasteiger partial charge in [0, 0.05) is 12.1 Å². The van der Waals surface area contributed by atoms with E-state index in [4.69, 9.17) is 4.74 Å². The summed E-state index contributed by atoms with van der Waals surface area (Å²) in [7, 11) is 0. The number of fused-ring (bicyclic) bond motifs is 1. The highest BCUT2D eigenvalue weighted by molar-refractivity contribution is 6.54. The highest BCUT2D eigenvalue weighted by Crippen LogP contribution is 2.29. The zero-order valence-corrected chi connectivity index (χ0v) is 15.7. The highest BCUT2D eigenvalue weighted by Gasteiger charge is 2.32. The molecule has 0 aliphatic carbocycles. The van der Waals surface area contributed by atoms with Crippen molar-refractivity contribution in [1.29, 1.82) is 0 Å². The minimum atomic E-state index is -0.176. The molecule has 5 heteroatoms. The van der Waals surface area contributed by atoms with Gasteiger partial charge in [-0.1, -0.05) is 54.6 Å². The van der Waals surface area contributed by atoms with E-state index in [2.05, 4.69) is 16.8 Å². The predicted octanol–water partition coefficient (Wildman–Crippen LogP) is 4.83. The maximum atomic E-state index is 12.7. The molecule has 0 aromatic heterocycles. The van der Waals surface area contributed by atoms with Crippen molar-refractivity contribution in [3.8, 4) is 11.5 Å². The van der Waals surface area contributed by atoms with Crippen LogP contribution in [0, 0.1) is 0 Å². The number of para-hydroxylation sites is 2. The van der Waals surface area contributed by atoms with Gasteiger partial charge in [-0.15, -0.1) is 11.7 Å². The van der Waals surface area contributed by atoms with Gasteiger partial charge in [-0.2, -0.15) is 5.10 Å². The molecule has 29 heavy (non-hydrogen) atoms. The Bertz CT molecular complexity index is 1100. The molecule has 1 amide bonds. The number of carbonyl (C=O) groups excluding carboxylic acids is 1. The summed E-state index contributed by atoms with van der Waals surface area (Å²) < 4.78 is 5.84. The Kier molecular flexibility index (Phi) is 5.29. The Hall–Kier alpha value is -3.99. The second kappa shape index (κ2) is 8.35. The first kappa shape index (κ1) is 18.4. The van der Waals surface area contributed by atoms with E-state index >= 15 is 0 Å². The van der Waals surface area contributed by atoms with Gasteiger partial charge in [-0.3, -0.25) is 4.79 Å². The van der Waals surface area contributed by atoms with Crippen LogP contribution in [0.25, 0.3) is 0 Å². The Balaban J connectivity index is 1.55. The van der Waals surface area contributed by atoms with Crippen LogP contribution in [0.3, 0.4) is 0 Å². The molecule has 142 valence electrons. The van der Waals surface area contributed by atoms with Gasteiger partial charge in [0.2, 0.25) is 0 Å². The fourth-order valence-electron chi connectivity index (χ4n) is 3.10. The van der Waals surface area contributed by atoms with E-state index in [-0.39, 0.29) is 5.91 Å². The fourth-order valence-corrected chi connectivity index (χ4v) is 3.10. The van der Waals surface area contributed by atoms with Crippen LogP contribution in [0.4, 0.5) is 5.69 Å². The molecule has 0 bridgehead atoms. The van der Waals surface area contributed by atoms with Crippen LogP contribution in [-0.2, 0) is 4.79 Å². The molecule has 0 atom stereocenters. The minimum Gasteiger partial charge on any atom is -0.457 e. The molecule has 0 unspecified atom stereocenters. The average Bonchev–Trinajstić information content (AvgIpc) is 3.01. The normalized spacial score (nSPS) is 14.4. The average molecular weight is 381 g/mol. The van der Waals surface area contributed by atoms with Crippen molar-refractivity contribution in [3.63, 3.8) is 0 Å². The second-order valence-electron chi connectivity index (χ2n) is 6.40. The third-order valence-electron chi connectivity index (χ3n) is 4.41. The smallest absolute Gasteiger partial charge is 0.279 e. The summed E-state index contributed by atoms with van der Waals surface area (Å²) in [5, 5.41) is 8.36. The largest absolute Gasteiger partial charge is 0.457 e. The van der Waals surface area contributed by atoms with E-state index in [9.17, 15) is 4.79 Å². The number of anilines is 1. The van der Waals surface area contributed by atoms with E-state index in [1.807, 2.05) is 78.9 Å². The van der Waals surface area contributed by atoms with Gasteiger partial charge in [0.05, 0.1) is 11.9 Å². The molecule has 0 spiro atoms. The molecule has 0 fully saturated rings. The second-order valence-corrected chi connectivity index (χ2v) is 6.40. The summed E-state index contributed by atoms with van der Waals surface area (Å²) >= 11 is 0. The number of ether oxygens (including phenoxy) is 1. The molecule has 0 N–H and O–H groups in total. The number of carbonyl (C=O) groups is 1. The maximum Gasteiger partial charge on any atom is 0.279 e. The topological polar surface area (TPSA) is 54.3 Å². The SMILES string of the molecule is C=CCN1C(=O)/C(=N/N=C\c2cccc(Oc3ccccc3)c2)c2ccccc21. The van der Waals surface area contributed by atoms with E-state index in [1.165, 1.54) is 0 Å². The number of amides is 1. The molecule has 1 heterocycles. The van der Waals surface area contributed by atoms with Crippen molar-refractivity contribution in [2.45, 2.75) is 0 Å². The van der Waals surface area contributed by atoms with E-state index in [0.717, 1.165) is 22.6 Å². The monoisotopic (exact) mass is 381 g/mol. The van der Waals surface area contributed by atoms with Crippen molar-refractivity contribution in [2.75, 3.05) is 11.4 Å². The molecular formula is C24H19N3O2. The summed E-state index contributed by atoms with van der Waals surface area (Å²) in [6.45, 7) is 4.15. The number of nitrogens with zero attached hydrogens (tertiary/aromatic N) is 3. The Labute approximate surface area is 169 Å². The van der Waals surface area contributed by atoms with Gasteiger partial charge < -0.3 is 9.64 Å². The Morgan fingerprint density at radius 3 is 2.52 bits per heavy atom. The van der Waals surface area contributed by atoms with Crippen LogP contribution in [0.1, 0.15) is 11.1 Å². The van der Waals surface area contributed by atoms with Gasteiger partial charge in [-0.25, -0.2) is 0 Å². The minimum absolute atomic E-state index is 0.176. The molecular weight excluding hydrogens is 362 g/mol. The van der Waals surface area contributed by atoms with Gasteiger partial charge >= 0.3 is 0 Å². The van der Waals surface area contributed by atoms with Crippen LogP contribution in [-0.4, -0.2) is 24.4 Å². The third-order valence-corrected chi connectivity index (χ3v) is 4.41. The lowest BCUT2D eigenvalue weighted by Crippen LogP contribution is -2.30. The number of hydrogen-bond donors (Lipinski definition) is 0. The first-order valence-corrected chi connectivity index (χ1v) is 9.22. The summed E-state index contributed by atoms with van der Waals surface area (Å²) in [5.41, 5.74) is 2.75. The predicted molar refractivity (Wildman–Crippen MR) is 116 cm³/mol. The standard InChI is InChI=1S/C24H19N3O2/c1-2-15-27-22-14-7-6-13-21(22)23(24(27)28)26-25-17-18-9-8-12-20(16-18)29-19-10-4-3-5-11-19/h2-14,16-17H,1,15H2/b25-17-,26-23+. The maximum absolute atomic E-state index is 12.7. The van der Waals surface area contributed by atoms with Gasteiger partial charge in [0.15, 0.2) is 5.71 Å². The Morgan fingerprint density at radius 2 is 1.69 bits per heavy atom. The lowest BCUT2D eigenvalue weighted by molar-refractivity contribution is -0.112. The molecule has 1 aliphatic heterocycles. The summed E-state index contributed by atoms with van der Waals surface area (Å²) in [6.07, 6.45) is 3.30. The number of benzene rings is 3. The van der Waals surface area contributed by atoms with Crippen molar-refractivity contribution in [1.82, 2.24) is 0 Å². The van der Waals surface area contributed by atoms with E-state index in [1.54, 1.807) is 17.2 Å². The quantitative estimate of drug-likeness (QED) is 0.349. The highest BCUT2D eigenvalue weighted by atomic mass is 16.5. The van der Waals surface area contributed by atoms with Gasteiger partial charge in [0.1, 0.15) is 11.5 Å². The molecule has 0 saturated carbocycles. The summed E-state index contributed by atoms with van der Waals surface area (Å²) in [6, 6.07) is 24.6. The lowest BCUT2D eigenvalue weighted by Gasteiger charge is -2.13. The summed E-state index contributed by atoms with van der Waals surface area (Å²) in [5.74, 6) is 1.29. The van der Waals surface area contributed by atoms with E-state index in [0.29, 0.717) is 18.0 Å². The van der Waals surface area contributed by atoms with Crippen LogP contribution >= 0.6 is 0 Å². The van der Waals surface area contributed by atoms with Gasteiger partial charge in [-0.05, 0) is 35.9 Å². The Morgan fingerprint density at radius 1 is 0.931 bits per heavy atom. The zero-order valence-electron chi connectivity index (χ0n) is 15.7. The molecule has 1 aliphatic rings. The van der Waals surface area contributed by atoms with Crippen molar-refractivity contribution < 1.29 is 9.53 Å². The van der Waals surface area contributed by atoms with Crippen LogP contribution in [0.2, 0.25) is 0 Å². The molecule has 3 aromatic carbocycles. The zero-order chi connectivity index (χ0) is 20.1. The van der Waals surface area contributed by atoms with Crippen molar-refractivity contribution >= 4 is 23.5 Å². The van der Waals surface area contributed by atoms with Crippen LogP contribution in [0.5, 0.6) is 11.5 Å². The molecule has 3 aromatic rings. The van der Waals surface area contributed by atoms with Gasteiger partial charge in [0.25, 0.3) is 5.91 Å². The van der Waals surface area contributed by atoms with Crippen molar-refractivity contribution in [3.05, 3.63) is 103 Å². The first-order chi connectivity index (χ1) is 14.3.